The molecule has 0 bridgehead atoms. The van der Waals surface area contributed by atoms with E-state index in [4.69, 9.17) is 4.74 Å². The molecule has 1 fully saturated rings. The quantitative estimate of drug-likeness (QED) is 0.598. The van der Waals surface area contributed by atoms with Gasteiger partial charge in [-0.05, 0) is 69.7 Å². The van der Waals surface area contributed by atoms with Crippen LogP contribution in [0.25, 0.3) is 21.0 Å². The van der Waals surface area contributed by atoms with Crippen LogP contribution in [0.2, 0.25) is 0 Å². The molecule has 0 radical (unpaired) electrons. The van der Waals surface area contributed by atoms with Crippen molar-refractivity contribution in [1.82, 2.24) is 10.3 Å². The Labute approximate surface area is 177 Å². The normalized spacial score (nSPS) is 19.2. The molecule has 1 aliphatic carbocycles. The molecular weight excluding hydrogens is 405 g/mol. The highest BCUT2D eigenvalue weighted by molar-refractivity contribution is 7.23. The molecular formula is C22H24FN3O3S. The number of alkyl carbamates (subject to hydrolysis) is 1. The maximum atomic E-state index is 13.5. The molecule has 2 N–H and O–H groups in total. The van der Waals surface area contributed by atoms with E-state index in [-0.39, 0.29) is 23.7 Å². The van der Waals surface area contributed by atoms with Gasteiger partial charge in [0, 0.05) is 17.3 Å². The van der Waals surface area contributed by atoms with Crippen molar-refractivity contribution in [2.45, 2.75) is 51.7 Å². The van der Waals surface area contributed by atoms with Gasteiger partial charge in [0.2, 0.25) is 5.91 Å². The largest absolute Gasteiger partial charge is 0.444 e. The van der Waals surface area contributed by atoms with Crippen LogP contribution in [0.1, 0.15) is 40.0 Å². The minimum atomic E-state index is -0.553. The van der Waals surface area contributed by atoms with Gasteiger partial charge in [-0.3, -0.25) is 4.79 Å². The van der Waals surface area contributed by atoms with Gasteiger partial charge < -0.3 is 15.4 Å². The summed E-state index contributed by atoms with van der Waals surface area (Å²) in [5, 5.41) is 7.99. The second-order valence-corrected chi connectivity index (χ2v) is 9.64. The Kier molecular flexibility index (Phi) is 5.36. The Balaban J connectivity index is 1.41. The van der Waals surface area contributed by atoms with Crippen LogP contribution in [0.5, 0.6) is 0 Å². The van der Waals surface area contributed by atoms with Crippen molar-refractivity contribution in [2.24, 2.45) is 5.92 Å². The molecule has 1 aromatic heterocycles. The van der Waals surface area contributed by atoms with E-state index in [1.807, 2.05) is 32.9 Å². The molecule has 0 aliphatic heterocycles. The van der Waals surface area contributed by atoms with E-state index in [0.717, 1.165) is 27.4 Å². The smallest absolute Gasteiger partial charge is 0.407 e. The molecule has 4 rings (SSSR count). The van der Waals surface area contributed by atoms with Gasteiger partial charge in [0.1, 0.15) is 11.4 Å². The second kappa shape index (κ2) is 7.83. The molecule has 1 aliphatic rings. The standard InChI is InChI=1S/C22H24FN3O3S/c1-22(2,3)29-21(28)24-15-7-4-13(11-15)19(27)26-20-25-17-9-5-12-10-14(23)6-8-16(12)18(17)30-20/h5-6,8-10,13,15H,4,7,11H2,1-3H3,(H,24,28)(H,25,26,27)/t13-,15+/m0/s1. The Morgan fingerprint density at radius 3 is 2.77 bits per heavy atom. The lowest BCUT2D eigenvalue weighted by molar-refractivity contribution is -0.119. The number of ether oxygens (including phenoxy) is 1. The summed E-state index contributed by atoms with van der Waals surface area (Å²) in [5.41, 5.74) is 0.215. The first-order chi connectivity index (χ1) is 14.2. The van der Waals surface area contributed by atoms with Gasteiger partial charge in [-0.15, -0.1) is 0 Å². The molecule has 0 unspecified atom stereocenters. The average Bonchev–Trinajstić information content (AvgIpc) is 3.26. The lowest BCUT2D eigenvalue weighted by Crippen LogP contribution is -2.38. The number of anilines is 1. The van der Waals surface area contributed by atoms with Gasteiger partial charge in [-0.25, -0.2) is 14.2 Å². The SMILES string of the molecule is CC(C)(C)OC(=O)N[C@@H]1CC[C@H](C(=O)Nc2nc3ccc4cc(F)ccc4c3s2)C1. The van der Waals surface area contributed by atoms with E-state index in [0.29, 0.717) is 18.0 Å². The van der Waals surface area contributed by atoms with Crippen molar-refractivity contribution in [3.63, 3.8) is 0 Å². The van der Waals surface area contributed by atoms with E-state index in [1.54, 1.807) is 6.07 Å². The number of amides is 2. The highest BCUT2D eigenvalue weighted by Crippen LogP contribution is 2.34. The van der Waals surface area contributed by atoms with Crippen molar-refractivity contribution < 1.29 is 18.7 Å². The first-order valence-corrected chi connectivity index (χ1v) is 10.8. The maximum Gasteiger partial charge on any atom is 0.407 e. The fourth-order valence-corrected chi connectivity index (χ4v) is 4.77. The minimum Gasteiger partial charge on any atom is -0.444 e. The number of hydrogen-bond acceptors (Lipinski definition) is 5. The number of carbonyl (C=O) groups excluding carboxylic acids is 2. The summed E-state index contributed by atoms with van der Waals surface area (Å²) in [6.07, 6.45) is 1.54. The molecule has 2 atom stereocenters. The van der Waals surface area contributed by atoms with E-state index in [9.17, 15) is 14.0 Å². The molecule has 1 saturated carbocycles. The predicted octanol–water partition coefficient (Wildman–Crippen LogP) is 5.22. The third-order valence-electron chi connectivity index (χ3n) is 5.09. The number of nitrogens with one attached hydrogen (secondary N) is 2. The average molecular weight is 430 g/mol. The summed E-state index contributed by atoms with van der Waals surface area (Å²) in [5.74, 6) is -0.573. The summed E-state index contributed by atoms with van der Waals surface area (Å²) >= 11 is 1.38. The number of aromatic nitrogens is 1. The summed E-state index contributed by atoms with van der Waals surface area (Å²) in [4.78, 5) is 29.2. The van der Waals surface area contributed by atoms with Gasteiger partial charge in [0.15, 0.2) is 5.13 Å². The van der Waals surface area contributed by atoms with Crippen molar-refractivity contribution >= 4 is 49.5 Å². The summed E-state index contributed by atoms with van der Waals surface area (Å²) in [7, 11) is 0. The van der Waals surface area contributed by atoms with Gasteiger partial charge in [-0.1, -0.05) is 17.4 Å². The zero-order valence-electron chi connectivity index (χ0n) is 17.1. The molecule has 30 heavy (non-hydrogen) atoms. The van der Waals surface area contributed by atoms with Crippen LogP contribution >= 0.6 is 11.3 Å². The lowest BCUT2D eigenvalue weighted by atomic mass is 10.1. The number of thiazole rings is 1. The van der Waals surface area contributed by atoms with Gasteiger partial charge in [0.25, 0.3) is 0 Å². The Bertz CT molecular complexity index is 1120. The zero-order chi connectivity index (χ0) is 21.5. The fraction of sp³-hybridized carbons (Fsp3) is 0.409. The molecule has 0 saturated heterocycles. The molecule has 6 nitrogen and oxygen atoms in total. The van der Waals surface area contributed by atoms with Gasteiger partial charge in [-0.2, -0.15) is 0 Å². The van der Waals surface area contributed by atoms with Crippen LogP contribution in [0, 0.1) is 11.7 Å². The highest BCUT2D eigenvalue weighted by atomic mass is 32.1. The maximum absolute atomic E-state index is 13.5. The highest BCUT2D eigenvalue weighted by Gasteiger charge is 2.32. The van der Waals surface area contributed by atoms with Crippen LogP contribution in [0.3, 0.4) is 0 Å². The summed E-state index contributed by atoms with van der Waals surface area (Å²) in [6, 6.07) is 8.24. The third kappa shape index (κ3) is 4.53. The number of nitrogens with zero attached hydrogens (tertiary/aromatic N) is 1. The van der Waals surface area contributed by atoms with Crippen LogP contribution in [0.4, 0.5) is 14.3 Å². The van der Waals surface area contributed by atoms with Crippen LogP contribution in [0.15, 0.2) is 30.3 Å². The predicted molar refractivity (Wildman–Crippen MR) is 116 cm³/mol. The zero-order valence-corrected chi connectivity index (χ0v) is 17.9. The summed E-state index contributed by atoms with van der Waals surface area (Å²) in [6.45, 7) is 5.44. The number of rotatable bonds is 3. The van der Waals surface area contributed by atoms with E-state index in [2.05, 4.69) is 15.6 Å². The van der Waals surface area contributed by atoms with Crippen molar-refractivity contribution in [2.75, 3.05) is 5.32 Å². The minimum absolute atomic E-state index is 0.0789. The number of carbonyl (C=O) groups is 2. The van der Waals surface area contributed by atoms with Gasteiger partial charge in [0.05, 0.1) is 10.2 Å². The molecule has 0 spiro atoms. The molecule has 2 aromatic carbocycles. The molecule has 2 amide bonds. The van der Waals surface area contributed by atoms with E-state index >= 15 is 0 Å². The third-order valence-corrected chi connectivity index (χ3v) is 6.11. The number of hydrogen-bond donors (Lipinski definition) is 2. The van der Waals surface area contributed by atoms with Crippen molar-refractivity contribution in [3.05, 3.63) is 36.1 Å². The van der Waals surface area contributed by atoms with E-state index in [1.165, 1.54) is 23.5 Å². The number of benzene rings is 2. The molecule has 8 heteroatoms. The van der Waals surface area contributed by atoms with E-state index < -0.39 is 11.7 Å². The van der Waals surface area contributed by atoms with Crippen LogP contribution < -0.4 is 10.6 Å². The Hall–Kier alpha value is -2.74. The van der Waals surface area contributed by atoms with Crippen LogP contribution in [-0.2, 0) is 9.53 Å². The second-order valence-electron chi connectivity index (χ2n) is 8.64. The fourth-order valence-electron chi connectivity index (χ4n) is 3.77. The number of fused-ring (bicyclic) bond motifs is 3. The first kappa shape index (κ1) is 20.5. The van der Waals surface area contributed by atoms with Crippen molar-refractivity contribution in [3.8, 4) is 0 Å². The number of halogens is 1. The van der Waals surface area contributed by atoms with Crippen molar-refractivity contribution in [1.29, 1.82) is 0 Å². The molecule has 1 heterocycles. The monoisotopic (exact) mass is 429 g/mol. The first-order valence-electron chi connectivity index (χ1n) is 9.97. The van der Waals surface area contributed by atoms with Crippen LogP contribution in [-0.4, -0.2) is 28.6 Å². The molecule has 3 aromatic rings. The molecule has 158 valence electrons. The Morgan fingerprint density at radius 2 is 2.00 bits per heavy atom. The summed E-state index contributed by atoms with van der Waals surface area (Å²) < 4.78 is 19.7. The van der Waals surface area contributed by atoms with Gasteiger partial charge >= 0.3 is 6.09 Å². The Morgan fingerprint density at radius 1 is 1.20 bits per heavy atom. The topological polar surface area (TPSA) is 80.3 Å². The lowest BCUT2D eigenvalue weighted by Gasteiger charge is -2.21.